The van der Waals surface area contributed by atoms with Crippen molar-refractivity contribution >= 4 is 34.6 Å². The Labute approximate surface area is 192 Å². The number of alkyl carbamates (subject to hydrolysis) is 1. The number of fused-ring (bicyclic) bond motifs is 1. The number of rotatable bonds is 8. The fourth-order valence-corrected chi connectivity index (χ4v) is 3.12. The fourth-order valence-electron chi connectivity index (χ4n) is 3.12. The van der Waals surface area contributed by atoms with Crippen LogP contribution in [-0.2, 0) is 14.3 Å². The van der Waals surface area contributed by atoms with E-state index in [2.05, 4.69) is 20.3 Å². The summed E-state index contributed by atoms with van der Waals surface area (Å²) in [4.78, 5) is 51.2. The van der Waals surface area contributed by atoms with Gasteiger partial charge in [-0.05, 0) is 52.8 Å². The van der Waals surface area contributed by atoms with Gasteiger partial charge in [0.25, 0.3) is 5.91 Å². The lowest BCUT2D eigenvalue weighted by Crippen LogP contribution is -2.50. The van der Waals surface area contributed by atoms with E-state index in [-0.39, 0.29) is 12.1 Å². The molecule has 0 aliphatic heterocycles. The zero-order valence-corrected chi connectivity index (χ0v) is 19.8. The van der Waals surface area contributed by atoms with Crippen LogP contribution in [0.5, 0.6) is 0 Å². The molecule has 1 atom stereocenters. The van der Waals surface area contributed by atoms with Gasteiger partial charge in [-0.2, -0.15) is 0 Å². The van der Waals surface area contributed by atoms with Crippen molar-refractivity contribution in [1.29, 1.82) is 0 Å². The second-order valence-corrected chi connectivity index (χ2v) is 8.27. The molecule has 10 nitrogen and oxygen atoms in total. The van der Waals surface area contributed by atoms with Crippen molar-refractivity contribution in [2.75, 3.05) is 31.6 Å². The van der Waals surface area contributed by atoms with Crippen molar-refractivity contribution in [3.05, 3.63) is 40.2 Å². The highest BCUT2D eigenvalue weighted by molar-refractivity contribution is 5.97. The lowest BCUT2D eigenvalue weighted by atomic mass is 10.1. The van der Waals surface area contributed by atoms with E-state index in [0.29, 0.717) is 11.0 Å². The highest BCUT2D eigenvalue weighted by atomic mass is 16.6. The first-order valence-electron chi connectivity index (χ1n) is 10.7. The maximum atomic E-state index is 12.6. The zero-order valence-electron chi connectivity index (χ0n) is 19.8. The molecular formula is C23H31N3O7. The zero-order chi connectivity index (χ0) is 24.8. The van der Waals surface area contributed by atoms with Crippen LogP contribution in [0.1, 0.15) is 45.0 Å². The number of carbonyl (C=O) groups excluding carboxylic acids is 3. The first-order valence-corrected chi connectivity index (χ1v) is 10.7. The summed E-state index contributed by atoms with van der Waals surface area (Å²) >= 11 is 0. The van der Waals surface area contributed by atoms with Gasteiger partial charge in [-0.25, -0.2) is 14.4 Å². The van der Waals surface area contributed by atoms with Crippen LogP contribution in [0, 0.1) is 0 Å². The number of anilines is 1. The molecule has 2 amide bonds. The molecular weight excluding hydrogens is 430 g/mol. The lowest BCUT2D eigenvalue weighted by molar-refractivity contribution is -0.142. The van der Waals surface area contributed by atoms with Crippen LogP contribution in [0.4, 0.5) is 10.5 Å². The second-order valence-electron chi connectivity index (χ2n) is 8.27. The number of hydrogen-bond donors (Lipinski definition) is 2. The Morgan fingerprint density at radius 2 is 1.79 bits per heavy atom. The average molecular weight is 462 g/mol. The Bertz CT molecular complexity index is 1070. The Hall–Kier alpha value is -3.56. The number of ether oxygens (including phenoxy) is 2. The van der Waals surface area contributed by atoms with E-state index < -0.39 is 35.2 Å². The molecule has 180 valence electrons. The first kappa shape index (κ1) is 25.7. The van der Waals surface area contributed by atoms with Gasteiger partial charge >= 0.3 is 17.7 Å². The van der Waals surface area contributed by atoms with Gasteiger partial charge in [0.2, 0.25) is 0 Å². The number of nitrogens with one attached hydrogen (secondary N) is 2. The van der Waals surface area contributed by atoms with Crippen LogP contribution in [0.15, 0.2) is 33.5 Å². The SMILES string of the molecule is CCN(CC)c1ccc2cc(C(=O)NC[C@H](NC(=O)OC(C)(C)C)C(=O)OC)c(=O)oc2c1. The smallest absolute Gasteiger partial charge is 0.408 e. The molecule has 0 fully saturated rings. The third-order valence-electron chi connectivity index (χ3n) is 4.74. The topological polar surface area (TPSA) is 127 Å². The Balaban J connectivity index is 2.18. The van der Waals surface area contributed by atoms with Gasteiger partial charge in [0.05, 0.1) is 7.11 Å². The average Bonchev–Trinajstić information content (AvgIpc) is 2.74. The molecule has 1 aromatic carbocycles. The summed E-state index contributed by atoms with van der Waals surface area (Å²) in [5.41, 5.74) is -0.546. The van der Waals surface area contributed by atoms with E-state index in [0.717, 1.165) is 25.9 Å². The number of amides is 2. The number of nitrogens with zero attached hydrogens (tertiary/aromatic N) is 1. The maximum Gasteiger partial charge on any atom is 0.408 e. The van der Waals surface area contributed by atoms with Gasteiger partial charge in [-0.1, -0.05) is 0 Å². The third-order valence-corrected chi connectivity index (χ3v) is 4.74. The molecule has 1 aromatic heterocycles. The highest BCUT2D eigenvalue weighted by Gasteiger charge is 2.26. The molecule has 10 heteroatoms. The van der Waals surface area contributed by atoms with Crippen LogP contribution in [0.25, 0.3) is 11.0 Å². The van der Waals surface area contributed by atoms with E-state index in [1.165, 1.54) is 6.07 Å². The quantitative estimate of drug-likeness (QED) is 0.453. The van der Waals surface area contributed by atoms with Crippen LogP contribution in [-0.4, -0.2) is 56.4 Å². The van der Waals surface area contributed by atoms with Crippen LogP contribution >= 0.6 is 0 Å². The molecule has 0 bridgehead atoms. The van der Waals surface area contributed by atoms with Crippen molar-refractivity contribution in [3.63, 3.8) is 0 Å². The minimum atomic E-state index is -1.21. The summed E-state index contributed by atoms with van der Waals surface area (Å²) in [6.07, 6.45) is -0.846. The van der Waals surface area contributed by atoms with Crippen molar-refractivity contribution in [2.45, 2.75) is 46.3 Å². The minimum Gasteiger partial charge on any atom is -0.467 e. The largest absolute Gasteiger partial charge is 0.467 e. The van der Waals surface area contributed by atoms with E-state index in [9.17, 15) is 19.2 Å². The van der Waals surface area contributed by atoms with E-state index in [1.54, 1.807) is 32.9 Å². The summed E-state index contributed by atoms with van der Waals surface area (Å²) in [7, 11) is 1.15. The number of benzene rings is 1. The molecule has 0 aliphatic carbocycles. The van der Waals surface area contributed by atoms with Crippen molar-refractivity contribution in [3.8, 4) is 0 Å². The molecule has 0 aliphatic rings. The van der Waals surface area contributed by atoms with Crippen molar-refractivity contribution in [2.24, 2.45) is 0 Å². The summed E-state index contributed by atoms with van der Waals surface area (Å²) < 4.78 is 15.2. The summed E-state index contributed by atoms with van der Waals surface area (Å²) in [5.74, 6) is -1.53. The summed E-state index contributed by atoms with van der Waals surface area (Å²) in [6, 6.07) is 5.62. The van der Waals surface area contributed by atoms with E-state index in [4.69, 9.17) is 9.15 Å². The Kier molecular flexibility index (Phi) is 8.44. The van der Waals surface area contributed by atoms with Gasteiger partial charge in [0.1, 0.15) is 22.8 Å². The van der Waals surface area contributed by atoms with Gasteiger partial charge < -0.3 is 29.4 Å². The number of carbonyl (C=O) groups is 3. The molecule has 33 heavy (non-hydrogen) atoms. The summed E-state index contributed by atoms with van der Waals surface area (Å²) in [6.45, 7) is 10.3. The summed E-state index contributed by atoms with van der Waals surface area (Å²) in [5, 5.41) is 5.38. The maximum absolute atomic E-state index is 12.6. The fraction of sp³-hybridized carbons (Fsp3) is 0.478. The van der Waals surface area contributed by atoms with Crippen LogP contribution in [0.3, 0.4) is 0 Å². The van der Waals surface area contributed by atoms with Crippen LogP contribution < -0.4 is 21.2 Å². The number of esters is 1. The molecule has 0 saturated carbocycles. The molecule has 2 aromatic rings. The first-order chi connectivity index (χ1) is 15.5. The van der Waals surface area contributed by atoms with Gasteiger partial charge in [-0.15, -0.1) is 0 Å². The molecule has 2 rings (SSSR count). The highest BCUT2D eigenvalue weighted by Crippen LogP contribution is 2.22. The predicted molar refractivity (Wildman–Crippen MR) is 124 cm³/mol. The molecule has 0 radical (unpaired) electrons. The standard InChI is InChI=1S/C23H31N3O7/c1-7-26(8-2)15-10-9-14-11-16(20(28)32-18(14)12-15)19(27)24-13-17(21(29)31-6)25-22(30)33-23(3,4)5/h9-12,17H,7-8,13H2,1-6H3,(H,24,27)(H,25,30)/t17-/m0/s1. The normalized spacial score (nSPS) is 12.1. The van der Waals surface area contributed by atoms with Crippen molar-refractivity contribution < 1.29 is 28.3 Å². The monoisotopic (exact) mass is 461 g/mol. The molecule has 2 N–H and O–H groups in total. The minimum absolute atomic E-state index is 0.223. The lowest BCUT2D eigenvalue weighted by Gasteiger charge is -2.22. The second kappa shape index (κ2) is 10.8. The van der Waals surface area contributed by atoms with Gasteiger partial charge in [-0.3, -0.25) is 4.79 Å². The Morgan fingerprint density at radius 1 is 1.12 bits per heavy atom. The van der Waals surface area contributed by atoms with Gasteiger partial charge in [0, 0.05) is 36.8 Å². The predicted octanol–water partition coefficient (Wildman–Crippen LogP) is 2.44. The van der Waals surface area contributed by atoms with Crippen molar-refractivity contribution in [1.82, 2.24) is 10.6 Å². The number of methoxy groups -OCH3 is 1. The van der Waals surface area contributed by atoms with E-state index in [1.807, 2.05) is 19.9 Å². The third kappa shape index (κ3) is 6.96. The molecule has 0 spiro atoms. The number of hydrogen-bond acceptors (Lipinski definition) is 8. The van der Waals surface area contributed by atoms with Crippen LogP contribution in [0.2, 0.25) is 0 Å². The van der Waals surface area contributed by atoms with Gasteiger partial charge in [0.15, 0.2) is 0 Å². The molecule has 0 unspecified atom stereocenters. The van der Waals surface area contributed by atoms with E-state index >= 15 is 0 Å². The molecule has 1 heterocycles. The Morgan fingerprint density at radius 3 is 2.36 bits per heavy atom. The molecule has 0 saturated heterocycles.